The Morgan fingerprint density at radius 3 is 2.46 bits per heavy atom. The van der Waals surface area contributed by atoms with Crippen LogP contribution in [0.5, 0.6) is 0 Å². The highest BCUT2D eigenvalue weighted by Gasteiger charge is 2.44. The van der Waals surface area contributed by atoms with Gasteiger partial charge in [0, 0.05) is 30.1 Å². The van der Waals surface area contributed by atoms with E-state index < -0.39 is 34.0 Å². The lowest BCUT2D eigenvalue weighted by Crippen LogP contribution is -2.47. The van der Waals surface area contributed by atoms with E-state index in [-0.39, 0.29) is 12.4 Å². The second-order valence-corrected chi connectivity index (χ2v) is 9.04. The molecular weight excluding hydrogens is 567 g/mol. The highest BCUT2D eigenvalue weighted by Crippen LogP contribution is 2.41. The van der Waals surface area contributed by atoms with E-state index in [2.05, 4.69) is 15.9 Å². The molecule has 1 aliphatic heterocycles. The van der Waals surface area contributed by atoms with Crippen molar-refractivity contribution in [1.82, 2.24) is 0 Å². The lowest BCUT2D eigenvalue weighted by Gasteiger charge is -2.36. The number of alkyl halides is 1. The van der Waals surface area contributed by atoms with Crippen LogP contribution in [0.1, 0.15) is 20.8 Å². The summed E-state index contributed by atoms with van der Waals surface area (Å²) in [5.74, 6) is -1.27. The fourth-order valence-electron chi connectivity index (χ4n) is 2.33. The molecule has 28 heavy (non-hydrogen) atoms. The van der Waals surface area contributed by atoms with Gasteiger partial charge in [0.05, 0.1) is 0 Å². The van der Waals surface area contributed by atoms with Gasteiger partial charge in [0.15, 0.2) is 23.1 Å². The van der Waals surface area contributed by atoms with Gasteiger partial charge < -0.3 is 18.9 Å². The van der Waals surface area contributed by atoms with Crippen LogP contribution in [0.3, 0.4) is 0 Å². The topological polar surface area (TPSA) is 88.1 Å². The van der Waals surface area contributed by atoms with Crippen molar-refractivity contribution in [1.29, 1.82) is 0 Å². The minimum absolute atomic E-state index is 0.108. The van der Waals surface area contributed by atoms with Crippen LogP contribution in [-0.2, 0) is 33.3 Å². The Morgan fingerprint density at radius 1 is 1.18 bits per heavy atom. The molecule has 1 aliphatic rings. The van der Waals surface area contributed by atoms with Crippen molar-refractivity contribution < 1.29 is 33.3 Å². The van der Waals surface area contributed by atoms with E-state index in [0.717, 1.165) is 9.37 Å². The number of halogens is 2. The van der Waals surface area contributed by atoms with Gasteiger partial charge >= 0.3 is 17.9 Å². The van der Waals surface area contributed by atoms with Crippen LogP contribution in [0, 0.1) is 0 Å². The van der Waals surface area contributed by atoms with Crippen molar-refractivity contribution in [3.8, 4) is 0 Å². The highest BCUT2D eigenvalue weighted by atomic mass is 127. The lowest BCUT2D eigenvalue weighted by atomic mass is 10.1. The fourth-order valence-corrected chi connectivity index (χ4v) is 5.10. The van der Waals surface area contributed by atoms with E-state index in [9.17, 15) is 14.4 Å². The molecule has 0 radical (unpaired) electrons. The number of esters is 3. The second-order valence-electron chi connectivity index (χ2n) is 5.74. The van der Waals surface area contributed by atoms with Crippen molar-refractivity contribution in [2.45, 2.75) is 41.8 Å². The number of hydrogen-bond acceptors (Lipinski definition) is 8. The lowest BCUT2D eigenvalue weighted by molar-refractivity contribution is -0.161. The Labute approximate surface area is 188 Å². The Hall–Kier alpha value is -1.27. The molecule has 152 valence electrons. The van der Waals surface area contributed by atoms with Crippen LogP contribution in [0.25, 0.3) is 0 Å². The SMILES string of the molecule is CC(=O)OCC1OC(Sc2cccc(Br)c2)=C(OC(C)=O)C(I)[C@H]1OC(C)=O. The Kier molecular flexibility index (Phi) is 8.62. The minimum atomic E-state index is -0.793. The van der Waals surface area contributed by atoms with Gasteiger partial charge in [0.1, 0.15) is 10.5 Å². The molecule has 0 aliphatic carbocycles. The fraction of sp³-hybridized carbons (Fsp3) is 0.389. The first-order valence-corrected chi connectivity index (χ1v) is 11.0. The third-order valence-corrected chi connectivity index (χ3v) is 6.12. The van der Waals surface area contributed by atoms with Crippen LogP contribution in [0.2, 0.25) is 0 Å². The standard InChI is InChI=1S/C18H18BrIO7S/c1-9(21)24-8-14-16(25-10(2)22)15(20)17(26-11(3)23)18(27-14)28-13-6-4-5-12(19)7-13/h4-7,14-16H,8H2,1-3H3/t14?,15?,16-/m0/s1. The predicted molar refractivity (Wildman–Crippen MR) is 114 cm³/mol. The molecule has 0 aromatic heterocycles. The van der Waals surface area contributed by atoms with Crippen LogP contribution in [-0.4, -0.2) is 40.6 Å². The smallest absolute Gasteiger partial charge is 0.307 e. The van der Waals surface area contributed by atoms with Gasteiger partial charge in [-0.1, -0.05) is 44.6 Å². The van der Waals surface area contributed by atoms with E-state index in [1.807, 2.05) is 46.9 Å². The molecule has 2 rings (SSSR count). The van der Waals surface area contributed by atoms with E-state index in [0.29, 0.717) is 5.09 Å². The largest absolute Gasteiger partial charge is 0.473 e. The number of carbonyl (C=O) groups is 3. The van der Waals surface area contributed by atoms with Crippen LogP contribution < -0.4 is 0 Å². The Bertz CT molecular complexity index is 798. The van der Waals surface area contributed by atoms with E-state index in [4.69, 9.17) is 18.9 Å². The zero-order valence-electron chi connectivity index (χ0n) is 15.3. The summed E-state index contributed by atoms with van der Waals surface area (Å²) in [6.45, 7) is 3.72. The second kappa shape index (κ2) is 10.5. The number of carbonyl (C=O) groups excluding carboxylic acids is 3. The maximum Gasteiger partial charge on any atom is 0.307 e. The van der Waals surface area contributed by atoms with Crippen molar-refractivity contribution >= 4 is 68.2 Å². The molecule has 7 nitrogen and oxygen atoms in total. The molecule has 0 amide bonds. The third-order valence-electron chi connectivity index (χ3n) is 3.38. The zero-order chi connectivity index (χ0) is 20.8. The number of rotatable bonds is 6. The molecule has 10 heteroatoms. The molecule has 0 spiro atoms. The van der Waals surface area contributed by atoms with Gasteiger partial charge in [-0.3, -0.25) is 14.4 Å². The van der Waals surface area contributed by atoms with E-state index in [1.54, 1.807) is 0 Å². The van der Waals surface area contributed by atoms with Crippen molar-refractivity contribution in [2.24, 2.45) is 0 Å². The molecule has 0 saturated heterocycles. The molecular formula is C18H18BrIO7S. The number of ether oxygens (including phenoxy) is 4. The average molecular weight is 585 g/mol. The normalized spacial score (nSPS) is 21.5. The molecule has 1 aromatic rings. The first-order valence-electron chi connectivity index (χ1n) is 8.14. The summed E-state index contributed by atoms with van der Waals surface area (Å²) in [5, 5.41) is 0.341. The maximum absolute atomic E-state index is 11.6. The molecule has 1 heterocycles. The first-order chi connectivity index (χ1) is 13.2. The predicted octanol–water partition coefficient (Wildman–Crippen LogP) is 3.97. The highest BCUT2D eigenvalue weighted by molar-refractivity contribution is 14.1. The van der Waals surface area contributed by atoms with Crippen LogP contribution in [0.15, 0.2) is 44.5 Å². The van der Waals surface area contributed by atoms with Gasteiger partial charge in [0.2, 0.25) is 0 Å². The van der Waals surface area contributed by atoms with Gasteiger partial charge in [-0.05, 0) is 30.0 Å². The van der Waals surface area contributed by atoms with Crippen LogP contribution in [0.4, 0.5) is 0 Å². The average Bonchev–Trinajstić information content (AvgIpc) is 2.58. The van der Waals surface area contributed by atoms with Crippen molar-refractivity contribution in [2.75, 3.05) is 6.61 Å². The molecule has 2 unspecified atom stereocenters. The summed E-state index contributed by atoms with van der Waals surface area (Å²) >= 11 is 6.70. The molecule has 0 fully saturated rings. The molecule has 1 aromatic carbocycles. The van der Waals surface area contributed by atoms with Crippen molar-refractivity contribution in [3.05, 3.63) is 39.6 Å². The monoisotopic (exact) mass is 584 g/mol. The van der Waals surface area contributed by atoms with Crippen LogP contribution >= 0.6 is 50.3 Å². The van der Waals surface area contributed by atoms with Crippen molar-refractivity contribution in [3.63, 3.8) is 0 Å². The summed E-state index contributed by atoms with van der Waals surface area (Å²) in [6, 6.07) is 7.50. The molecule has 0 N–H and O–H groups in total. The van der Waals surface area contributed by atoms with Gasteiger partial charge in [0.25, 0.3) is 0 Å². The molecule has 3 atom stereocenters. The first kappa shape index (κ1) is 23.0. The number of benzene rings is 1. The maximum atomic E-state index is 11.6. The Balaban J connectivity index is 2.40. The summed E-state index contributed by atoms with van der Waals surface area (Å²) in [4.78, 5) is 35.3. The van der Waals surface area contributed by atoms with Gasteiger partial charge in [-0.15, -0.1) is 0 Å². The summed E-state index contributed by atoms with van der Waals surface area (Å²) in [6.07, 6.45) is -1.54. The molecule has 0 bridgehead atoms. The van der Waals surface area contributed by atoms with Gasteiger partial charge in [-0.25, -0.2) is 0 Å². The summed E-state index contributed by atoms with van der Waals surface area (Å²) in [7, 11) is 0. The number of thioether (sulfide) groups is 1. The third kappa shape index (κ3) is 6.66. The quantitative estimate of drug-likeness (QED) is 0.215. The Morgan fingerprint density at radius 2 is 1.89 bits per heavy atom. The zero-order valence-corrected chi connectivity index (χ0v) is 19.8. The summed E-state index contributed by atoms with van der Waals surface area (Å²) < 4.78 is 22.2. The van der Waals surface area contributed by atoms with E-state index in [1.165, 1.54) is 32.5 Å². The van der Waals surface area contributed by atoms with Gasteiger partial charge in [-0.2, -0.15) is 0 Å². The number of hydrogen-bond donors (Lipinski definition) is 0. The minimum Gasteiger partial charge on any atom is -0.473 e. The van der Waals surface area contributed by atoms with E-state index >= 15 is 0 Å². The molecule has 0 saturated carbocycles. The summed E-state index contributed by atoms with van der Waals surface area (Å²) in [5.41, 5.74) is 0.